The lowest BCUT2D eigenvalue weighted by Crippen LogP contribution is -2.37. The quantitative estimate of drug-likeness (QED) is 0.572. The summed E-state index contributed by atoms with van der Waals surface area (Å²) < 4.78 is 10.6. The van der Waals surface area contributed by atoms with Crippen LogP contribution in [0.2, 0.25) is 0 Å². The molecule has 1 amide bonds. The standard InChI is InChI=1S/C16H18N2O4S/c1-21-10-9-18(11-16(20)22-2)15(19)8-7-14-17-12-5-3-4-6-13(12)23-14/h3-8H,9-11H2,1-2H3/b8-7+. The number of carbonyl (C=O) groups is 2. The number of nitrogens with zero attached hydrogens (tertiary/aromatic N) is 2. The Morgan fingerprint density at radius 3 is 2.78 bits per heavy atom. The monoisotopic (exact) mass is 334 g/mol. The van der Waals surface area contributed by atoms with E-state index in [2.05, 4.69) is 9.72 Å². The second kappa shape index (κ2) is 8.40. The number of hydrogen-bond acceptors (Lipinski definition) is 6. The molecule has 0 N–H and O–H groups in total. The van der Waals surface area contributed by atoms with Crippen molar-refractivity contribution in [2.75, 3.05) is 33.9 Å². The maximum absolute atomic E-state index is 12.2. The fraction of sp³-hybridized carbons (Fsp3) is 0.312. The summed E-state index contributed by atoms with van der Waals surface area (Å²) in [6.45, 7) is 0.551. The molecule has 0 fully saturated rings. The summed E-state index contributed by atoms with van der Waals surface area (Å²) in [5, 5.41) is 0.740. The number of thiazole rings is 1. The van der Waals surface area contributed by atoms with Crippen LogP contribution in [-0.2, 0) is 19.1 Å². The Hall–Kier alpha value is -2.25. The molecule has 0 aliphatic carbocycles. The molecule has 0 saturated heterocycles. The molecule has 0 radical (unpaired) electrons. The minimum atomic E-state index is -0.470. The second-order valence-corrected chi connectivity index (χ2v) is 5.74. The number of ether oxygens (including phenoxy) is 2. The Balaban J connectivity index is 2.07. The van der Waals surface area contributed by atoms with E-state index in [1.165, 1.54) is 36.5 Å². The summed E-state index contributed by atoms with van der Waals surface area (Å²) in [5.41, 5.74) is 0.899. The Morgan fingerprint density at radius 2 is 2.09 bits per heavy atom. The van der Waals surface area contributed by atoms with E-state index in [1.807, 2.05) is 24.3 Å². The van der Waals surface area contributed by atoms with Gasteiger partial charge in [0.2, 0.25) is 5.91 Å². The van der Waals surface area contributed by atoms with Gasteiger partial charge in [0, 0.05) is 19.7 Å². The molecular weight excluding hydrogens is 316 g/mol. The highest BCUT2D eigenvalue weighted by Gasteiger charge is 2.15. The topological polar surface area (TPSA) is 68.7 Å². The van der Waals surface area contributed by atoms with Gasteiger partial charge in [-0.3, -0.25) is 9.59 Å². The average Bonchev–Trinajstić information content (AvgIpc) is 2.99. The molecular formula is C16H18N2O4S. The summed E-state index contributed by atoms with van der Waals surface area (Å²) in [7, 11) is 2.83. The Morgan fingerprint density at radius 1 is 1.30 bits per heavy atom. The molecule has 7 heteroatoms. The van der Waals surface area contributed by atoms with Crippen molar-refractivity contribution in [2.45, 2.75) is 0 Å². The summed E-state index contributed by atoms with van der Waals surface area (Å²) >= 11 is 1.50. The zero-order valence-corrected chi connectivity index (χ0v) is 13.8. The number of carbonyl (C=O) groups excluding carboxylic acids is 2. The van der Waals surface area contributed by atoms with E-state index in [4.69, 9.17) is 4.74 Å². The minimum absolute atomic E-state index is 0.108. The van der Waals surface area contributed by atoms with Crippen molar-refractivity contribution in [1.82, 2.24) is 9.88 Å². The van der Waals surface area contributed by atoms with Crippen LogP contribution in [-0.4, -0.2) is 55.7 Å². The van der Waals surface area contributed by atoms with Crippen LogP contribution in [0, 0.1) is 0 Å². The van der Waals surface area contributed by atoms with Gasteiger partial charge in [-0.25, -0.2) is 4.98 Å². The maximum atomic E-state index is 12.2. The highest BCUT2D eigenvalue weighted by Crippen LogP contribution is 2.22. The van der Waals surface area contributed by atoms with E-state index in [1.54, 1.807) is 6.08 Å². The van der Waals surface area contributed by atoms with Gasteiger partial charge in [0.05, 0.1) is 23.9 Å². The smallest absolute Gasteiger partial charge is 0.325 e. The molecule has 2 rings (SSSR count). The SMILES string of the molecule is COCCN(CC(=O)OC)C(=O)/C=C/c1nc2ccccc2s1. The number of methoxy groups -OCH3 is 2. The second-order valence-electron chi connectivity index (χ2n) is 4.68. The maximum Gasteiger partial charge on any atom is 0.325 e. The van der Waals surface area contributed by atoms with Crippen LogP contribution in [0.5, 0.6) is 0 Å². The summed E-state index contributed by atoms with van der Waals surface area (Å²) in [5.74, 6) is -0.755. The van der Waals surface area contributed by atoms with Crippen molar-refractivity contribution in [3.8, 4) is 0 Å². The number of para-hydroxylation sites is 1. The van der Waals surface area contributed by atoms with E-state index in [0.717, 1.165) is 15.2 Å². The fourth-order valence-corrected chi connectivity index (χ4v) is 2.77. The number of esters is 1. The molecule has 1 aromatic heterocycles. The van der Waals surface area contributed by atoms with Crippen molar-refractivity contribution in [1.29, 1.82) is 0 Å². The van der Waals surface area contributed by atoms with Crippen molar-refractivity contribution >= 4 is 39.5 Å². The van der Waals surface area contributed by atoms with Gasteiger partial charge in [0.25, 0.3) is 0 Å². The van der Waals surface area contributed by atoms with Crippen LogP contribution >= 0.6 is 11.3 Å². The van der Waals surface area contributed by atoms with Crippen LogP contribution in [0.3, 0.4) is 0 Å². The third-order valence-corrected chi connectivity index (χ3v) is 4.11. The molecule has 1 aromatic carbocycles. The molecule has 0 aliphatic rings. The molecule has 1 heterocycles. The van der Waals surface area contributed by atoms with Gasteiger partial charge >= 0.3 is 5.97 Å². The van der Waals surface area contributed by atoms with Crippen molar-refractivity contribution < 1.29 is 19.1 Å². The van der Waals surface area contributed by atoms with Crippen LogP contribution in [0.15, 0.2) is 30.3 Å². The summed E-state index contributed by atoms with van der Waals surface area (Å²) in [4.78, 5) is 29.4. The van der Waals surface area contributed by atoms with Gasteiger partial charge in [-0.05, 0) is 18.2 Å². The first-order valence-electron chi connectivity index (χ1n) is 7.02. The number of amides is 1. The van der Waals surface area contributed by atoms with Gasteiger partial charge in [-0.1, -0.05) is 12.1 Å². The van der Waals surface area contributed by atoms with Gasteiger partial charge in [-0.2, -0.15) is 0 Å². The number of benzene rings is 1. The largest absolute Gasteiger partial charge is 0.468 e. The van der Waals surface area contributed by atoms with Crippen LogP contribution in [0.1, 0.15) is 5.01 Å². The lowest BCUT2D eigenvalue weighted by atomic mass is 10.3. The number of fused-ring (bicyclic) bond motifs is 1. The highest BCUT2D eigenvalue weighted by molar-refractivity contribution is 7.19. The van der Waals surface area contributed by atoms with Crippen molar-refractivity contribution in [3.05, 3.63) is 35.3 Å². The highest BCUT2D eigenvalue weighted by atomic mass is 32.1. The fourth-order valence-electron chi connectivity index (χ4n) is 1.90. The number of aromatic nitrogens is 1. The lowest BCUT2D eigenvalue weighted by molar-refractivity contribution is -0.145. The third-order valence-electron chi connectivity index (χ3n) is 3.10. The first-order valence-corrected chi connectivity index (χ1v) is 7.84. The van der Waals surface area contributed by atoms with Crippen molar-refractivity contribution in [2.24, 2.45) is 0 Å². The molecule has 23 heavy (non-hydrogen) atoms. The average molecular weight is 334 g/mol. The van der Waals surface area contributed by atoms with Gasteiger partial charge < -0.3 is 14.4 Å². The predicted octanol–water partition coefficient (Wildman–Crippen LogP) is 1.96. The summed E-state index contributed by atoms with van der Waals surface area (Å²) in [6.07, 6.45) is 3.07. The Labute approximate surface area is 138 Å². The molecule has 0 bridgehead atoms. The normalized spacial score (nSPS) is 11.0. The Kier molecular flexibility index (Phi) is 6.25. The molecule has 0 unspecified atom stereocenters. The number of hydrogen-bond donors (Lipinski definition) is 0. The van der Waals surface area contributed by atoms with E-state index < -0.39 is 5.97 Å². The lowest BCUT2D eigenvalue weighted by Gasteiger charge is -2.19. The first-order chi connectivity index (χ1) is 11.1. The molecule has 0 atom stereocenters. The van der Waals surface area contributed by atoms with Gasteiger partial charge in [0.15, 0.2) is 0 Å². The van der Waals surface area contributed by atoms with Crippen LogP contribution in [0.25, 0.3) is 16.3 Å². The van der Waals surface area contributed by atoms with Crippen molar-refractivity contribution in [3.63, 3.8) is 0 Å². The number of rotatable bonds is 7. The van der Waals surface area contributed by atoms with E-state index in [0.29, 0.717) is 13.2 Å². The van der Waals surface area contributed by atoms with Gasteiger partial charge in [0.1, 0.15) is 11.6 Å². The summed E-state index contributed by atoms with van der Waals surface area (Å²) in [6, 6.07) is 7.77. The zero-order chi connectivity index (χ0) is 16.7. The molecule has 0 spiro atoms. The molecule has 122 valence electrons. The molecule has 0 aliphatic heterocycles. The van der Waals surface area contributed by atoms with Crippen LogP contribution in [0.4, 0.5) is 0 Å². The van der Waals surface area contributed by atoms with E-state index >= 15 is 0 Å². The predicted molar refractivity (Wildman–Crippen MR) is 89.1 cm³/mol. The molecule has 6 nitrogen and oxygen atoms in total. The first kappa shape index (κ1) is 17.1. The van der Waals surface area contributed by atoms with Crippen LogP contribution < -0.4 is 0 Å². The van der Waals surface area contributed by atoms with E-state index in [-0.39, 0.29) is 12.5 Å². The minimum Gasteiger partial charge on any atom is -0.468 e. The molecule has 2 aromatic rings. The third kappa shape index (κ3) is 4.87. The molecule has 0 saturated carbocycles. The zero-order valence-electron chi connectivity index (χ0n) is 13.0. The Bertz CT molecular complexity index is 678. The van der Waals surface area contributed by atoms with Gasteiger partial charge in [-0.15, -0.1) is 11.3 Å². The van der Waals surface area contributed by atoms with E-state index in [9.17, 15) is 9.59 Å².